The zero-order chi connectivity index (χ0) is 14.0. The summed E-state index contributed by atoms with van der Waals surface area (Å²) in [6, 6.07) is 8.24. The fraction of sp³-hybridized carbons (Fsp3) is 0.154. The van der Waals surface area contributed by atoms with E-state index >= 15 is 0 Å². The van der Waals surface area contributed by atoms with Gasteiger partial charge in [-0.1, -0.05) is 12.1 Å². The van der Waals surface area contributed by atoms with E-state index in [1.807, 2.05) is 6.07 Å². The van der Waals surface area contributed by atoms with Gasteiger partial charge < -0.3 is 9.84 Å². The lowest BCUT2D eigenvalue weighted by atomic mass is 10.2. The van der Waals surface area contributed by atoms with Gasteiger partial charge in [-0.25, -0.2) is 9.48 Å². The van der Waals surface area contributed by atoms with Crippen LogP contribution in [0.25, 0.3) is 0 Å². The number of aromatic nitrogens is 2. The third-order valence-corrected chi connectivity index (χ3v) is 2.61. The van der Waals surface area contributed by atoms with Gasteiger partial charge in [0, 0.05) is 7.05 Å². The molecule has 6 heteroatoms. The lowest BCUT2D eigenvalue weighted by Gasteiger charge is -2.08. The highest BCUT2D eigenvalue weighted by molar-refractivity contribution is 5.90. The summed E-state index contributed by atoms with van der Waals surface area (Å²) < 4.78 is 6.95. The van der Waals surface area contributed by atoms with Crippen LogP contribution in [-0.2, 0) is 7.05 Å². The number of carboxylic acid groups (broad SMARTS) is 1. The lowest BCUT2D eigenvalue weighted by Crippen LogP contribution is -2.02. The summed E-state index contributed by atoms with van der Waals surface area (Å²) in [6.07, 6.45) is 0. The van der Waals surface area contributed by atoms with E-state index in [1.165, 1.54) is 16.8 Å². The minimum absolute atomic E-state index is 0.0326. The number of hydrogen-bond donors (Lipinski definition) is 1. The molecule has 0 unspecified atom stereocenters. The topological polar surface area (TPSA) is 88.1 Å². The van der Waals surface area contributed by atoms with E-state index in [2.05, 4.69) is 5.10 Å². The maximum atomic E-state index is 11.1. The molecule has 0 aliphatic heterocycles. The van der Waals surface area contributed by atoms with Gasteiger partial charge in [0.25, 0.3) is 0 Å². The Labute approximate surface area is 109 Å². The number of para-hydroxylation sites is 1. The van der Waals surface area contributed by atoms with E-state index in [4.69, 9.17) is 15.1 Å². The third-order valence-electron chi connectivity index (χ3n) is 2.61. The van der Waals surface area contributed by atoms with E-state index in [9.17, 15) is 4.79 Å². The Hall–Kier alpha value is -2.81. The van der Waals surface area contributed by atoms with E-state index in [-0.39, 0.29) is 17.2 Å². The van der Waals surface area contributed by atoms with E-state index < -0.39 is 5.97 Å². The molecule has 1 N–H and O–H groups in total. The molecule has 2 aromatic rings. The van der Waals surface area contributed by atoms with Crippen molar-refractivity contribution in [3.05, 3.63) is 41.1 Å². The van der Waals surface area contributed by atoms with Crippen molar-refractivity contribution in [2.75, 3.05) is 0 Å². The van der Waals surface area contributed by atoms with Crippen LogP contribution < -0.4 is 4.74 Å². The first-order chi connectivity index (χ1) is 9.04. The van der Waals surface area contributed by atoms with Crippen LogP contribution in [0.5, 0.6) is 11.6 Å². The summed E-state index contributed by atoms with van der Waals surface area (Å²) in [4.78, 5) is 11.1. The average Bonchev–Trinajstić information content (AvgIpc) is 2.64. The van der Waals surface area contributed by atoms with Crippen molar-refractivity contribution >= 4 is 5.97 Å². The van der Waals surface area contributed by atoms with Crippen LogP contribution in [0.15, 0.2) is 24.3 Å². The molecule has 0 aliphatic rings. The number of carbonyl (C=O) groups is 1. The van der Waals surface area contributed by atoms with Crippen LogP contribution in [0.3, 0.4) is 0 Å². The Bertz CT molecular complexity index is 683. The zero-order valence-electron chi connectivity index (χ0n) is 10.4. The predicted molar refractivity (Wildman–Crippen MR) is 66.1 cm³/mol. The number of aromatic carboxylic acids is 1. The van der Waals surface area contributed by atoms with Gasteiger partial charge in [-0.3, -0.25) is 0 Å². The van der Waals surface area contributed by atoms with Crippen molar-refractivity contribution in [2.45, 2.75) is 6.92 Å². The fourth-order valence-electron chi connectivity index (χ4n) is 1.72. The summed E-state index contributed by atoms with van der Waals surface area (Å²) in [5, 5.41) is 22.2. The van der Waals surface area contributed by atoms with E-state index in [0.717, 1.165) is 0 Å². The quantitative estimate of drug-likeness (QED) is 0.909. The number of nitriles is 1. The Kier molecular flexibility index (Phi) is 3.21. The van der Waals surface area contributed by atoms with Crippen LogP contribution in [0.1, 0.15) is 21.6 Å². The van der Waals surface area contributed by atoms with Crippen molar-refractivity contribution in [3.63, 3.8) is 0 Å². The summed E-state index contributed by atoms with van der Waals surface area (Å²) in [6.45, 7) is 1.69. The van der Waals surface area contributed by atoms with Crippen molar-refractivity contribution in [3.8, 4) is 17.7 Å². The molecule has 0 aliphatic carbocycles. The number of nitrogens with zero attached hydrogens (tertiary/aromatic N) is 3. The molecule has 0 amide bonds. The largest absolute Gasteiger partial charge is 0.478 e. The van der Waals surface area contributed by atoms with Crippen LogP contribution in [0.2, 0.25) is 0 Å². The molecule has 6 nitrogen and oxygen atoms in total. The minimum atomic E-state index is -1.09. The van der Waals surface area contributed by atoms with Gasteiger partial charge in [0.2, 0.25) is 5.88 Å². The highest BCUT2D eigenvalue weighted by Crippen LogP contribution is 2.28. The molecule has 2 rings (SSSR count). The first-order valence-corrected chi connectivity index (χ1v) is 5.48. The molecule has 1 aromatic carbocycles. The second-order valence-electron chi connectivity index (χ2n) is 3.90. The van der Waals surface area contributed by atoms with Crippen molar-refractivity contribution in [1.29, 1.82) is 5.26 Å². The smallest absolute Gasteiger partial charge is 0.339 e. The predicted octanol–water partition coefficient (Wildman–Crippen LogP) is 2.09. The van der Waals surface area contributed by atoms with Gasteiger partial charge in [-0.05, 0) is 19.1 Å². The maximum Gasteiger partial charge on any atom is 0.339 e. The molecule has 0 fully saturated rings. The number of ether oxygens (including phenoxy) is 1. The summed E-state index contributed by atoms with van der Waals surface area (Å²) in [7, 11) is 1.63. The highest BCUT2D eigenvalue weighted by Gasteiger charge is 2.18. The summed E-state index contributed by atoms with van der Waals surface area (Å²) in [5.74, 6) is -0.684. The van der Waals surface area contributed by atoms with E-state index in [1.54, 1.807) is 26.1 Å². The van der Waals surface area contributed by atoms with Crippen molar-refractivity contribution < 1.29 is 14.6 Å². The normalized spacial score (nSPS) is 9.95. The molecular weight excluding hydrogens is 246 g/mol. The molecule has 0 atom stereocenters. The lowest BCUT2D eigenvalue weighted by molar-refractivity contribution is 0.0694. The number of hydrogen-bond acceptors (Lipinski definition) is 4. The van der Waals surface area contributed by atoms with Crippen molar-refractivity contribution in [2.24, 2.45) is 7.05 Å². The Morgan fingerprint density at radius 3 is 2.79 bits per heavy atom. The molecule has 0 spiro atoms. The molecule has 0 bridgehead atoms. The first-order valence-electron chi connectivity index (χ1n) is 5.48. The molecule has 1 aromatic heterocycles. The Balaban J connectivity index is 2.48. The minimum Gasteiger partial charge on any atom is -0.478 e. The molecule has 0 saturated carbocycles. The first kappa shape index (κ1) is 12.6. The zero-order valence-corrected chi connectivity index (χ0v) is 10.4. The van der Waals surface area contributed by atoms with Crippen LogP contribution in [0, 0.1) is 18.3 Å². The second-order valence-corrected chi connectivity index (χ2v) is 3.90. The molecule has 19 heavy (non-hydrogen) atoms. The standard InChI is InChI=1S/C13H11N3O3/c1-8-10(7-14)12(16(2)15-8)19-11-6-4-3-5-9(11)13(17)18/h3-6H,1-2H3,(H,17,18). The van der Waals surface area contributed by atoms with Crippen molar-refractivity contribution in [1.82, 2.24) is 9.78 Å². The molecular formula is C13H11N3O3. The van der Waals surface area contributed by atoms with Crippen LogP contribution in [0.4, 0.5) is 0 Å². The number of carboxylic acids is 1. The summed E-state index contributed by atoms with van der Waals surface area (Å²) in [5.41, 5.74) is 0.862. The van der Waals surface area contributed by atoms with Crippen LogP contribution in [-0.4, -0.2) is 20.9 Å². The van der Waals surface area contributed by atoms with Gasteiger partial charge in [-0.15, -0.1) is 0 Å². The SMILES string of the molecule is Cc1nn(C)c(Oc2ccccc2C(=O)O)c1C#N. The molecule has 1 heterocycles. The summed E-state index contributed by atoms with van der Waals surface area (Å²) >= 11 is 0. The Morgan fingerprint density at radius 1 is 1.47 bits per heavy atom. The number of benzene rings is 1. The number of rotatable bonds is 3. The second kappa shape index (κ2) is 4.82. The monoisotopic (exact) mass is 257 g/mol. The maximum absolute atomic E-state index is 11.1. The van der Waals surface area contributed by atoms with Gasteiger partial charge >= 0.3 is 5.97 Å². The average molecular weight is 257 g/mol. The van der Waals surface area contributed by atoms with Gasteiger partial charge in [0.05, 0.1) is 5.69 Å². The highest BCUT2D eigenvalue weighted by atomic mass is 16.5. The fourth-order valence-corrected chi connectivity index (χ4v) is 1.72. The molecule has 0 saturated heterocycles. The van der Waals surface area contributed by atoms with E-state index in [0.29, 0.717) is 11.3 Å². The van der Waals surface area contributed by atoms with Gasteiger partial charge in [0.15, 0.2) is 0 Å². The third kappa shape index (κ3) is 2.26. The van der Waals surface area contributed by atoms with Gasteiger partial charge in [0.1, 0.15) is 22.9 Å². The Morgan fingerprint density at radius 2 is 2.16 bits per heavy atom. The van der Waals surface area contributed by atoms with Gasteiger partial charge in [-0.2, -0.15) is 10.4 Å². The number of aryl methyl sites for hydroxylation is 2. The molecule has 0 radical (unpaired) electrons. The van der Waals surface area contributed by atoms with Crippen LogP contribution >= 0.6 is 0 Å². The molecule has 96 valence electrons.